The molecule has 0 aromatic heterocycles. The van der Waals surface area contributed by atoms with Crippen molar-refractivity contribution >= 4 is 0 Å². The third-order valence-corrected chi connectivity index (χ3v) is 2.76. The standard InChI is InChI=1S/C14H23NO2/c1-11(2)8-13(10-16)15-9-14(17)12-6-4-3-5-7-12/h3-7,11,13-17H,8-10H2,1-2H3. The molecule has 1 aromatic carbocycles. The Hall–Kier alpha value is -0.900. The van der Waals surface area contributed by atoms with Gasteiger partial charge in [-0.3, -0.25) is 0 Å². The van der Waals surface area contributed by atoms with Crippen LogP contribution in [0.2, 0.25) is 0 Å². The predicted molar refractivity (Wildman–Crippen MR) is 69.7 cm³/mol. The van der Waals surface area contributed by atoms with E-state index < -0.39 is 6.10 Å². The summed E-state index contributed by atoms with van der Waals surface area (Å²) in [7, 11) is 0. The van der Waals surface area contributed by atoms with E-state index in [1.807, 2.05) is 30.3 Å². The highest BCUT2D eigenvalue weighted by molar-refractivity contribution is 5.17. The van der Waals surface area contributed by atoms with Gasteiger partial charge < -0.3 is 15.5 Å². The van der Waals surface area contributed by atoms with Crippen molar-refractivity contribution in [2.75, 3.05) is 13.2 Å². The summed E-state index contributed by atoms with van der Waals surface area (Å²) in [5, 5.41) is 22.4. The maximum atomic E-state index is 9.95. The molecule has 1 rings (SSSR count). The van der Waals surface area contributed by atoms with Crippen LogP contribution >= 0.6 is 0 Å². The Kier molecular flexibility index (Phi) is 6.19. The maximum Gasteiger partial charge on any atom is 0.0914 e. The lowest BCUT2D eigenvalue weighted by Gasteiger charge is -2.20. The average molecular weight is 237 g/mol. The number of aliphatic hydroxyl groups excluding tert-OH is 2. The van der Waals surface area contributed by atoms with Gasteiger partial charge in [-0.15, -0.1) is 0 Å². The summed E-state index contributed by atoms with van der Waals surface area (Å²) in [6.07, 6.45) is 0.398. The summed E-state index contributed by atoms with van der Waals surface area (Å²) in [4.78, 5) is 0. The van der Waals surface area contributed by atoms with Crippen LogP contribution in [-0.2, 0) is 0 Å². The second-order valence-corrected chi connectivity index (χ2v) is 4.84. The molecule has 0 saturated heterocycles. The fourth-order valence-corrected chi connectivity index (χ4v) is 1.86. The highest BCUT2D eigenvalue weighted by Gasteiger charge is 2.12. The average Bonchev–Trinajstić information content (AvgIpc) is 2.34. The van der Waals surface area contributed by atoms with E-state index in [2.05, 4.69) is 19.2 Å². The lowest BCUT2D eigenvalue weighted by Crippen LogP contribution is -2.36. The molecule has 0 saturated carbocycles. The smallest absolute Gasteiger partial charge is 0.0914 e. The molecular formula is C14H23NO2. The summed E-state index contributed by atoms with van der Waals surface area (Å²) in [6.45, 7) is 4.83. The van der Waals surface area contributed by atoms with Gasteiger partial charge in [0.1, 0.15) is 0 Å². The van der Waals surface area contributed by atoms with E-state index in [9.17, 15) is 10.2 Å². The molecule has 3 nitrogen and oxygen atoms in total. The molecule has 0 fully saturated rings. The van der Waals surface area contributed by atoms with E-state index in [0.29, 0.717) is 12.5 Å². The SMILES string of the molecule is CC(C)CC(CO)NCC(O)c1ccccc1. The molecule has 96 valence electrons. The fraction of sp³-hybridized carbons (Fsp3) is 0.571. The summed E-state index contributed by atoms with van der Waals surface area (Å²) >= 11 is 0. The molecule has 2 atom stereocenters. The molecule has 0 aliphatic rings. The Labute approximate surface area is 103 Å². The first-order chi connectivity index (χ1) is 8.13. The van der Waals surface area contributed by atoms with Gasteiger partial charge in [-0.25, -0.2) is 0 Å². The summed E-state index contributed by atoms with van der Waals surface area (Å²) < 4.78 is 0. The van der Waals surface area contributed by atoms with Crippen molar-refractivity contribution in [1.29, 1.82) is 0 Å². The minimum Gasteiger partial charge on any atom is -0.395 e. The van der Waals surface area contributed by atoms with Crippen molar-refractivity contribution in [2.24, 2.45) is 5.92 Å². The highest BCUT2D eigenvalue weighted by atomic mass is 16.3. The van der Waals surface area contributed by atoms with Gasteiger partial charge in [0.2, 0.25) is 0 Å². The van der Waals surface area contributed by atoms with Gasteiger partial charge in [0, 0.05) is 12.6 Å². The van der Waals surface area contributed by atoms with Gasteiger partial charge in [0.25, 0.3) is 0 Å². The van der Waals surface area contributed by atoms with Gasteiger partial charge in [-0.1, -0.05) is 44.2 Å². The van der Waals surface area contributed by atoms with Crippen LogP contribution in [0.3, 0.4) is 0 Å². The molecule has 0 aliphatic carbocycles. The number of aliphatic hydroxyl groups is 2. The Morgan fingerprint density at radius 1 is 1.18 bits per heavy atom. The Balaban J connectivity index is 2.39. The van der Waals surface area contributed by atoms with Crippen molar-refractivity contribution in [1.82, 2.24) is 5.32 Å². The van der Waals surface area contributed by atoms with Gasteiger partial charge >= 0.3 is 0 Å². The maximum absolute atomic E-state index is 9.95. The first kappa shape index (κ1) is 14.2. The molecule has 0 radical (unpaired) electrons. The van der Waals surface area contributed by atoms with Crippen LogP contribution in [0.5, 0.6) is 0 Å². The van der Waals surface area contributed by atoms with E-state index in [1.54, 1.807) is 0 Å². The molecule has 2 unspecified atom stereocenters. The van der Waals surface area contributed by atoms with Crippen LogP contribution in [0.1, 0.15) is 31.9 Å². The third-order valence-electron chi connectivity index (χ3n) is 2.76. The molecule has 0 bridgehead atoms. The first-order valence-corrected chi connectivity index (χ1v) is 6.20. The molecule has 1 aromatic rings. The van der Waals surface area contributed by atoms with E-state index in [4.69, 9.17) is 0 Å². The lowest BCUT2D eigenvalue weighted by molar-refractivity contribution is 0.154. The predicted octanol–water partition coefficient (Wildman–Crippen LogP) is 1.72. The van der Waals surface area contributed by atoms with E-state index in [-0.39, 0.29) is 12.6 Å². The summed E-state index contributed by atoms with van der Waals surface area (Å²) in [6, 6.07) is 9.63. The minimum absolute atomic E-state index is 0.0633. The quantitative estimate of drug-likeness (QED) is 0.677. The van der Waals surface area contributed by atoms with Crippen molar-refractivity contribution < 1.29 is 10.2 Å². The van der Waals surface area contributed by atoms with Crippen LogP contribution in [0.4, 0.5) is 0 Å². The molecule has 3 N–H and O–H groups in total. The van der Waals surface area contributed by atoms with E-state index in [0.717, 1.165) is 12.0 Å². The first-order valence-electron chi connectivity index (χ1n) is 6.20. The molecule has 17 heavy (non-hydrogen) atoms. The zero-order valence-electron chi connectivity index (χ0n) is 10.6. The molecular weight excluding hydrogens is 214 g/mol. The normalized spacial score (nSPS) is 14.9. The Morgan fingerprint density at radius 2 is 1.82 bits per heavy atom. The highest BCUT2D eigenvalue weighted by Crippen LogP contribution is 2.11. The second-order valence-electron chi connectivity index (χ2n) is 4.84. The third kappa shape index (κ3) is 5.31. The number of rotatable bonds is 7. The van der Waals surface area contributed by atoms with Gasteiger partial charge in [-0.05, 0) is 17.9 Å². The molecule has 3 heteroatoms. The number of benzene rings is 1. The molecule has 0 heterocycles. The minimum atomic E-state index is -0.516. The van der Waals surface area contributed by atoms with Crippen molar-refractivity contribution in [3.63, 3.8) is 0 Å². The molecule has 0 amide bonds. The van der Waals surface area contributed by atoms with Crippen LogP contribution in [0, 0.1) is 5.92 Å². The van der Waals surface area contributed by atoms with Crippen LogP contribution in [0.15, 0.2) is 30.3 Å². The zero-order chi connectivity index (χ0) is 12.7. The van der Waals surface area contributed by atoms with Crippen molar-refractivity contribution in [3.8, 4) is 0 Å². The monoisotopic (exact) mass is 237 g/mol. The van der Waals surface area contributed by atoms with Crippen LogP contribution in [-0.4, -0.2) is 29.4 Å². The zero-order valence-corrected chi connectivity index (χ0v) is 10.6. The fourth-order valence-electron chi connectivity index (χ4n) is 1.86. The summed E-state index contributed by atoms with van der Waals surface area (Å²) in [5.41, 5.74) is 0.904. The van der Waals surface area contributed by atoms with Gasteiger partial charge in [0.05, 0.1) is 12.7 Å². The van der Waals surface area contributed by atoms with Crippen LogP contribution < -0.4 is 5.32 Å². The summed E-state index contributed by atoms with van der Waals surface area (Å²) in [5.74, 6) is 0.536. The molecule has 0 aliphatic heterocycles. The van der Waals surface area contributed by atoms with E-state index in [1.165, 1.54) is 0 Å². The lowest BCUT2D eigenvalue weighted by atomic mass is 10.0. The second kappa shape index (κ2) is 7.43. The molecule has 0 spiro atoms. The number of hydrogen-bond acceptors (Lipinski definition) is 3. The van der Waals surface area contributed by atoms with Gasteiger partial charge in [0.15, 0.2) is 0 Å². The number of nitrogens with one attached hydrogen (secondary N) is 1. The van der Waals surface area contributed by atoms with Gasteiger partial charge in [-0.2, -0.15) is 0 Å². The largest absolute Gasteiger partial charge is 0.395 e. The van der Waals surface area contributed by atoms with Crippen LogP contribution in [0.25, 0.3) is 0 Å². The number of hydrogen-bond donors (Lipinski definition) is 3. The Morgan fingerprint density at radius 3 is 2.35 bits per heavy atom. The van der Waals surface area contributed by atoms with Crippen molar-refractivity contribution in [2.45, 2.75) is 32.4 Å². The van der Waals surface area contributed by atoms with Crippen molar-refractivity contribution in [3.05, 3.63) is 35.9 Å². The topological polar surface area (TPSA) is 52.5 Å². The Bertz CT molecular complexity index is 300. The van der Waals surface area contributed by atoms with E-state index >= 15 is 0 Å².